The van der Waals surface area contributed by atoms with Gasteiger partial charge in [0.05, 0.1) is 17.5 Å². The van der Waals surface area contributed by atoms with Crippen molar-refractivity contribution in [2.45, 2.75) is 0 Å². The molecular formula is C16H12N2O. The first-order valence-electron chi connectivity index (χ1n) is 6.01. The molecule has 0 amide bonds. The molecule has 19 heavy (non-hydrogen) atoms. The first-order valence-corrected chi connectivity index (χ1v) is 6.01. The van der Waals surface area contributed by atoms with E-state index >= 15 is 0 Å². The van der Waals surface area contributed by atoms with Crippen LogP contribution >= 0.6 is 0 Å². The molecule has 1 aromatic heterocycles. The van der Waals surface area contributed by atoms with Crippen LogP contribution in [0.4, 0.5) is 0 Å². The van der Waals surface area contributed by atoms with Crippen LogP contribution in [-0.4, -0.2) is 17.2 Å². The molecule has 0 radical (unpaired) electrons. The van der Waals surface area contributed by atoms with E-state index in [2.05, 4.69) is 0 Å². The zero-order chi connectivity index (χ0) is 13.2. The first-order chi connectivity index (χ1) is 9.36. The van der Waals surface area contributed by atoms with Crippen LogP contribution in [-0.2, 0) is 0 Å². The summed E-state index contributed by atoms with van der Waals surface area (Å²) in [6, 6.07) is 17.3. The molecule has 92 valence electrons. The molecule has 0 aliphatic rings. The maximum Gasteiger partial charge on any atom is 0.152 e. The van der Waals surface area contributed by atoms with Gasteiger partial charge in [-0.05, 0) is 11.6 Å². The zero-order valence-corrected chi connectivity index (χ0v) is 10.2. The molecule has 3 heteroatoms. The fraction of sp³-hybridized carbons (Fsp3) is 0. The van der Waals surface area contributed by atoms with Gasteiger partial charge in [-0.1, -0.05) is 48.5 Å². The van der Waals surface area contributed by atoms with Crippen LogP contribution in [0.5, 0.6) is 0 Å². The van der Waals surface area contributed by atoms with Gasteiger partial charge in [0.2, 0.25) is 0 Å². The Bertz CT molecular complexity index is 712. The molecule has 1 N–H and O–H groups in total. The minimum atomic E-state index is 0.630. The summed E-state index contributed by atoms with van der Waals surface area (Å²) in [6.45, 7) is 0. The van der Waals surface area contributed by atoms with Gasteiger partial charge in [0.15, 0.2) is 6.29 Å². The number of benzene rings is 2. The summed E-state index contributed by atoms with van der Waals surface area (Å²) in [5, 5.41) is 8.50. The van der Waals surface area contributed by atoms with Crippen molar-refractivity contribution in [1.29, 1.82) is 5.41 Å². The van der Waals surface area contributed by atoms with Gasteiger partial charge in [-0.25, -0.2) is 0 Å². The fourth-order valence-corrected chi connectivity index (χ4v) is 2.43. The van der Waals surface area contributed by atoms with E-state index in [1.807, 2.05) is 54.6 Å². The monoisotopic (exact) mass is 248 g/mol. The largest absolute Gasteiger partial charge is 0.300 e. The Kier molecular flexibility index (Phi) is 2.72. The summed E-state index contributed by atoms with van der Waals surface area (Å²) in [4.78, 5) is 11.5. The van der Waals surface area contributed by atoms with Gasteiger partial charge < -0.3 is 0 Å². The van der Waals surface area contributed by atoms with Gasteiger partial charge in [0, 0.05) is 10.9 Å². The molecule has 0 saturated carbocycles. The van der Waals surface area contributed by atoms with Gasteiger partial charge in [-0.2, -0.15) is 0 Å². The van der Waals surface area contributed by atoms with Crippen molar-refractivity contribution in [1.82, 2.24) is 4.57 Å². The summed E-state index contributed by atoms with van der Waals surface area (Å²) < 4.78 is 1.74. The number of nitrogens with zero attached hydrogens (tertiary/aromatic N) is 1. The molecule has 0 aliphatic heterocycles. The van der Waals surface area contributed by atoms with Crippen LogP contribution in [0.15, 0.2) is 54.6 Å². The Balaban J connectivity index is 2.46. The molecule has 0 aliphatic carbocycles. The fourth-order valence-electron chi connectivity index (χ4n) is 2.43. The Morgan fingerprint density at radius 2 is 1.63 bits per heavy atom. The number of carbonyl (C=O) groups excluding carboxylic acids is 1. The van der Waals surface area contributed by atoms with Crippen LogP contribution in [0.3, 0.4) is 0 Å². The summed E-state index contributed by atoms with van der Waals surface area (Å²) >= 11 is 0. The highest BCUT2D eigenvalue weighted by Crippen LogP contribution is 2.31. The third-order valence-electron chi connectivity index (χ3n) is 3.24. The van der Waals surface area contributed by atoms with E-state index in [0.717, 1.165) is 28.4 Å². The highest BCUT2D eigenvalue weighted by Gasteiger charge is 2.16. The van der Waals surface area contributed by atoms with Gasteiger partial charge >= 0.3 is 0 Å². The molecule has 2 aromatic carbocycles. The van der Waals surface area contributed by atoms with Crippen LogP contribution in [0.2, 0.25) is 0 Å². The van der Waals surface area contributed by atoms with Crippen LogP contribution in [0.1, 0.15) is 10.4 Å². The Labute approximate surface area is 110 Å². The van der Waals surface area contributed by atoms with Crippen LogP contribution in [0, 0.1) is 5.41 Å². The van der Waals surface area contributed by atoms with Gasteiger partial charge in [-0.3, -0.25) is 14.8 Å². The van der Waals surface area contributed by atoms with E-state index < -0.39 is 0 Å². The van der Waals surface area contributed by atoms with E-state index in [-0.39, 0.29) is 0 Å². The number of nitrogens with one attached hydrogen (secondary N) is 1. The third-order valence-corrected chi connectivity index (χ3v) is 3.24. The number of aromatic nitrogens is 1. The lowest BCUT2D eigenvalue weighted by Crippen LogP contribution is -1.97. The van der Waals surface area contributed by atoms with E-state index in [4.69, 9.17) is 5.41 Å². The van der Waals surface area contributed by atoms with E-state index in [0.29, 0.717) is 5.56 Å². The smallest absolute Gasteiger partial charge is 0.152 e. The molecule has 3 aromatic rings. The summed E-state index contributed by atoms with van der Waals surface area (Å²) in [5.74, 6) is 0. The molecule has 0 saturated heterocycles. The van der Waals surface area contributed by atoms with Crippen molar-refractivity contribution in [2.24, 2.45) is 0 Å². The lowest BCUT2D eigenvalue weighted by atomic mass is 10.1. The predicted molar refractivity (Wildman–Crippen MR) is 76.9 cm³/mol. The summed E-state index contributed by atoms with van der Waals surface area (Å²) in [7, 11) is 0. The van der Waals surface area contributed by atoms with Crippen LogP contribution in [0.25, 0.3) is 22.2 Å². The first kappa shape index (κ1) is 11.4. The maximum atomic E-state index is 11.5. The Hall–Kier alpha value is -2.68. The average Bonchev–Trinajstić information content (AvgIpc) is 2.81. The molecule has 3 rings (SSSR count). The number of rotatable bonds is 3. The molecule has 0 unspecified atom stereocenters. The third kappa shape index (κ3) is 1.67. The van der Waals surface area contributed by atoms with Crippen molar-refractivity contribution in [3.8, 4) is 11.3 Å². The topological polar surface area (TPSA) is 45.9 Å². The molecular weight excluding hydrogens is 236 g/mol. The van der Waals surface area contributed by atoms with Gasteiger partial charge in [-0.15, -0.1) is 0 Å². The number of carbonyl (C=O) groups is 1. The highest BCUT2D eigenvalue weighted by molar-refractivity contribution is 6.07. The van der Waals surface area contributed by atoms with E-state index in [1.165, 1.54) is 6.34 Å². The highest BCUT2D eigenvalue weighted by atomic mass is 16.1. The number of hydrogen-bond acceptors (Lipinski definition) is 2. The molecule has 0 spiro atoms. The summed E-state index contributed by atoms with van der Waals surface area (Å²) in [6.07, 6.45) is 2.11. The molecule has 3 nitrogen and oxygen atoms in total. The second-order valence-electron chi connectivity index (χ2n) is 4.26. The van der Waals surface area contributed by atoms with Crippen molar-refractivity contribution in [3.63, 3.8) is 0 Å². The average molecular weight is 248 g/mol. The zero-order valence-electron chi connectivity index (χ0n) is 10.2. The van der Waals surface area contributed by atoms with Crippen molar-refractivity contribution in [2.75, 3.05) is 0 Å². The lowest BCUT2D eigenvalue weighted by molar-refractivity contribution is 0.112. The van der Waals surface area contributed by atoms with Gasteiger partial charge in [0.1, 0.15) is 0 Å². The quantitative estimate of drug-likeness (QED) is 0.430. The maximum absolute atomic E-state index is 11.5. The van der Waals surface area contributed by atoms with E-state index in [1.54, 1.807) is 4.57 Å². The van der Waals surface area contributed by atoms with Crippen molar-refractivity contribution in [3.05, 3.63) is 60.2 Å². The summed E-state index contributed by atoms with van der Waals surface area (Å²) in [5.41, 5.74) is 3.21. The Morgan fingerprint density at radius 3 is 2.32 bits per heavy atom. The number of aldehydes is 1. The number of hydrogen-bond donors (Lipinski definition) is 1. The molecule has 0 bridgehead atoms. The number of para-hydroxylation sites is 1. The van der Waals surface area contributed by atoms with Crippen LogP contribution < -0.4 is 0 Å². The molecule has 0 atom stereocenters. The minimum Gasteiger partial charge on any atom is -0.300 e. The SMILES string of the molecule is N=Cn1c(-c2ccccc2)c(C=O)c2ccccc21. The Morgan fingerprint density at radius 1 is 0.947 bits per heavy atom. The molecule has 0 fully saturated rings. The van der Waals surface area contributed by atoms with Crippen molar-refractivity contribution >= 4 is 23.5 Å². The normalized spacial score (nSPS) is 10.5. The standard InChI is InChI=1S/C16H12N2O/c17-11-18-15-9-5-4-8-13(15)14(10-19)16(18)12-6-2-1-3-7-12/h1-11,17H. The second-order valence-corrected chi connectivity index (χ2v) is 4.26. The minimum absolute atomic E-state index is 0.630. The lowest BCUT2D eigenvalue weighted by Gasteiger charge is -2.05. The predicted octanol–water partition coefficient (Wildman–Crippen LogP) is 3.58. The van der Waals surface area contributed by atoms with Gasteiger partial charge in [0.25, 0.3) is 0 Å². The van der Waals surface area contributed by atoms with Crippen molar-refractivity contribution < 1.29 is 4.79 Å². The second kappa shape index (κ2) is 4.53. The molecule has 1 heterocycles. The van der Waals surface area contributed by atoms with E-state index in [9.17, 15) is 4.79 Å². The number of fused-ring (bicyclic) bond motifs is 1.